The third kappa shape index (κ3) is 1.49. The Morgan fingerprint density at radius 2 is 2.18 bits per heavy atom. The molecule has 0 atom stereocenters. The number of rotatable bonds is 1. The molecule has 11 heavy (non-hydrogen) atoms. The second-order valence-electron chi connectivity index (χ2n) is 2.33. The lowest BCUT2D eigenvalue weighted by atomic mass is 10.5. The normalized spacial score (nSPS) is 9.64. The maximum absolute atomic E-state index is 9.18. The molecule has 3 N–H and O–H groups in total. The topological polar surface area (TPSA) is 75.3 Å². The first-order valence-electron chi connectivity index (χ1n) is 3.10. The van der Waals surface area contributed by atoms with Gasteiger partial charge in [0.15, 0.2) is 11.6 Å². The van der Waals surface area contributed by atoms with Crippen molar-refractivity contribution in [2.24, 2.45) is 0 Å². The predicted octanol–water partition coefficient (Wildman–Crippen LogP) is -0.170. The Morgan fingerprint density at radius 1 is 1.55 bits per heavy atom. The van der Waals surface area contributed by atoms with Crippen molar-refractivity contribution in [2.45, 2.75) is 0 Å². The van der Waals surface area contributed by atoms with Crippen LogP contribution in [0.15, 0.2) is 6.20 Å². The lowest BCUT2D eigenvalue weighted by Crippen LogP contribution is -2.12. The summed E-state index contributed by atoms with van der Waals surface area (Å²) in [5, 5.41) is 9.18. The number of hydrogen-bond donors (Lipinski definition) is 2. The molecule has 0 amide bonds. The smallest absolute Gasteiger partial charge is 0.222 e. The van der Waals surface area contributed by atoms with E-state index in [0.29, 0.717) is 5.82 Å². The Labute approximate surface area is 64.5 Å². The summed E-state index contributed by atoms with van der Waals surface area (Å²) in [5.41, 5.74) is 5.31. The average molecular weight is 154 g/mol. The minimum absolute atomic E-state index is 0.0317. The molecule has 1 heterocycles. The first kappa shape index (κ1) is 7.59. The number of aromatic hydroxyl groups is 1. The summed E-state index contributed by atoms with van der Waals surface area (Å²) >= 11 is 0. The quantitative estimate of drug-likeness (QED) is 0.587. The highest BCUT2D eigenvalue weighted by molar-refractivity contribution is 5.51. The van der Waals surface area contributed by atoms with Gasteiger partial charge in [0.1, 0.15) is 0 Å². The Hall–Kier alpha value is -1.52. The summed E-state index contributed by atoms with van der Waals surface area (Å²) in [6.45, 7) is 0. The SMILES string of the molecule is CN(C)c1nc(N)ncc1O. The fraction of sp³-hybridized carbons (Fsp3) is 0.333. The van der Waals surface area contributed by atoms with E-state index in [-0.39, 0.29) is 11.7 Å². The van der Waals surface area contributed by atoms with Crippen LogP contribution in [0.1, 0.15) is 0 Å². The van der Waals surface area contributed by atoms with Crippen LogP contribution < -0.4 is 10.6 Å². The van der Waals surface area contributed by atoms with Gasteiger partial charge in [0.05, 0.1) is 6.20 Å². The zero-order valence-electron chi connectivity index (χ0n) is 6.44. The van der Waals surface area contributed by atoms with Gasteiger partial charge in [-0.1, -0.05) is 0 Å². The number of anilines is 2. The summed E-state index contributed by atoms with van der Waals surface area (Å²) in [5.74, 6) is 0.619. The zero-order valence-corrected chi connectivity index (χ0v) is 6.44. The molecular weight excluding hydrogens is 144 g/mol. The van der Waals surface area contributed by atoms with Gasteiger partial charge in [0, 0.05) is 14.1 Å². The van der Waals surface area contributed by atoms with E-state index in [1.54, 1.807) is 19.0 Å². The maximum Gasteiger partial charge on any atom is 0.222 e. The first-order chi connectivity index (χ1) is 5.11. The maximum atomic E-state index is 9.18. The van der Waals surface area contributed by atoms with Gasteiger partial charge in [-0.2, -0.15) is 4.98 Å². The van der Waals surface area contributed by atoms with Gasteiger partial charge < -0.3 is 15.7 Å². The van der Waals surface area contributed by atoms with Gasteiger partial charge in [0.25, 0.3) is 0 Å². The van der Waals surface area contributed by atoms with E-state index in [0.717, 1.165) is 0 Å². The van der Waals surface area contributed by atoms with E-state index < -0.39 is 0 Å². The van der Waals surface area contributed by atoms with Gasteiger partial charge in [-0.3, -0.25) is 0 Å². The number of hydrogen-bond acceptors (Lipinski definition) is 5. The molecule has 1 aromatic heterocycles. The van der Waals surface area contributed by atoms with Crippen LogP contribution in [0.2, 0.25) is 0 Å². The van der Waals surface area contributed by atoms with Crippen LogP contribution in [0, 0.1) is 0 Å². The molecule has 1 rings (SSSR count). The predicted molar refractivity (Wildman–Crippen MR) is 42.4 cm³/mol. The number of nitrogen functional groups attached to an aromatic ring is 1. The third-order valence-electron chi connectivity index (χ3n) is 1.19. The van der Waals surface area contributed by atoms with E-state index in [2.05, 4.69) is 9.97 Å². The van der Waals surface area contributed by atoms with Gasteiger partial charge in [0.2, 0.25) is 5.95 Å². The van der Waals surface area contributed by atoms with Crippen LogP contribution in [0.3, 0.4) is 0 Å². The molecule has 0 unspecified atom stereocenters. The fourth-order valence-electron chi connectivity index (χ4n) is 0.709. The molecule has 0 fully saturated rings. The summed E-state index contributed by atoms with van der Waals surface area (Å²) < 4.78 is 0. The Bertz CT molecular complexity index is 261. The van der Waals surface area contributed by atoms with Crippen LogP contribution in [-0.2, 0) is 0 Å². The van der Waals surface area contributed by atoms with Crippen molar-refractivity contribution in [3.63, 3.8) is 0 Å². The summed E-state index contributed by atoms with van der Waals surface area (Å²) in [6, 6.07) is 0. The van der Waals surface area contributed by atoms with Crippen molar-refractivity contribution in [3.8, 4) is 5.75 Å². The van der Waals surface area contributed by atoms with E-state index in [1.165, 1.54) is 6.20 Å². The lowest BCUT2D eigenvalue weighted by molar-refractivity contribution is 0.470. The van der Waals surface area contributed by atoms with Gasteiger partial charge in [-0.25, -0.2) is 4.98 Å². The third-order valence-corrected chi connectivity index (χ3v) is 1.19. The van der Waals surface area contributed by atoms with Crippen molar-refractivity contribution in [1.82, 2.24) is 9.97 Å². The van der Waals surface area contributed by atoms with E-state index in [4.69, 9.17) is 5.73 Å². The molecule has 0 radical (unpaired) electrons. The summed E-state index contributed by atoms with van der Waals surface area (Å²) in [4.78, 5) is 9.09. The Morgan fingerprint density at radius 3 is 2.64 bits per heavy atom. The van der Waals surface area contributed by atoms with E-state index in [1.807, 2.05) is 0 Å². The van der Waals surface area contributed by atoms with Crippen LogP contribution >= 0.6 is 0 Å². The van der Waals surface area contributed by atoms with Crippen molar-refractivity contribution in [1.29, 1.82) is 0 Å². The van der Waals surface area contributed by atoms with Gasteiger partial charge >= 0.3 is 0 Å². The highest BCUT2D eigenvalue weighted by atomic mass is 16.3. The molecule has 0 aliphatic rings. The molecule has 5 nitrogen and oxygen atoms in total. The van der Waals surface area contributed by atoms with Crippen LogP contribution in [-0.4, -0.2) is 29.2 Å². The minimum Gasteiger partial charge on any atom is -0.503 e. The average Bonchev–Trinajstić information content (AvgIpc) is 1.94. The monoisotopic (exact) mass is 154 g/mol. The van der Waals surface area contributed by atoms with Crippen molar-refractivity contribution in [3.05, 3.63) is 6.20 Å². The standard InChI is InChI=1S/C6H10N4O/c1-10(2)5-4(11)3-8-6(7)9-5/h3,11H,1-2H3,(H2,7,8,9). The Balaban J connectivity index is 3.13. The molecule has 0 aliphatic heterocycles. The number of nitrogens with zero attached hydrogens (tertiary/aromatic N) is 3. The molecule has 0 saturated heterocycles. The zero-order chi connectivity index (χ0) is 8.43. The highest BCUT2D eigenvalue weighted by Gasteiger charge is 2.04. The summed E-state index contributed by atoms with van der Waals surface area (Å²) in [7, 11) is 3.53. The van der Waals surface area contributed by atoms with Gasteiger partial charge in [-0.05, 0) is 0 Å². The Kier molecular flexibility index (Phi) is 1.80. The van der Waals surface area contributed by atoms with Crippen molar-refractivity contribution < 1.29 is 5.11 Å². The molecule has 60 valence electrons. The molecule has 1 aromatic rings. The molecule has 0 aliphatic carbocycles. The highest BCUT2D eigenvalue weighted by Crippen LogP contribution is 2.21. The van der Waals surface area contributed by atoms with Crippen molar-refractivity contribution >= 4 is 11.8 Å². The van der Waals surface area contributed by atoms with E-state index >= 15 is 0 Å². The van der Waals surface area contributed by atoms with Gasteiger partial charge in [-0.15, -0.1) is 0 Å². The second kappa shape index (κ2) is 2.61. The molecule has 0 aromatic carbocycles. The largest absolute Gasteiger partial charge is 0.503 e. The van der Waals surface area contributed by atoms with Crippen LogP contribution in [0.5, 0.6) is 5.75 Å². The lowest BCUT2D eigenvalue weighted by Gasteiger charge is -2.11. The minimum atomic E-state index is 0.0317. The fourth-order valence-corrected chi connectivity index (χ4v) is 0.709. The number of nitrogens with two attached hydrogens (primary N) is 1. The first-order valence-corrected chi connectivity index (χ1v) is 3.10. The van der Waals surface area contributed by atoms with Crippen molar-refractivity contribution in [2.75, 3.05) is 24.7 Å². The molecule has 5 heteroatoms. The molecule has 0 spiro atoms. The molecule has 0 bridgehead atoms. The van der Waals surface area contributed by atoms with Crippen LogP contribution in [0.4, 0.5) is 11.8 Å². The summed E-state index contributed by atoms with van der Waals surface area (Å²) in [6.07, 6.45) is 1.28. The number of aromatic nitrogens is 2. The second-order valence-corrected chi connectivity index (χ2v) is 2.33. The van der Waals surface area contributed by atoms with Crippen LogP contribution in [0.25, 0.3) is 0 Å². The van der Waals surface area contributed by atoms with E-state index in [9.17, 15) is 5.11 Å². The molecule has 0 saturated carbocycles. The molecular formula is C6H10N4O.